The second-order valence-corrected chi connectivity index (χ2v) is 11.2. The van der Waals surface area contributed by atoms with Gasteiger partial charge >= 0.3 is 0 Å². The summed E-state index contributed by atoms with van der Waals surface area (Å²) in [5.41, 5.74) is 5.94. The second kappa shape index (κ2) is 29.5. The van der Waals surface area contributed by atoms with E-state index in [0.29, 0.717) is 13.1 Å². The third-order valence-electron chi connectivity index (χ3n) is 7.42. The van der Waals surface area contributed by atoms with Crippen molar-refractivity contribution < 1.29 is 9.59 Å². The van der Waals surface area contributed by atoms with Gasteiger partial charge in [0, 0.05) is 13.1 Å². The summed E-state index contributed by atoms with van der Waals surface area (Å²) in [5.74, 6) is -0.320. The van der Waals surface area contributed by atoms with Crippen molar-refractivity contribution in [2.24, 2.45) is 5.73 Å². The SMILES string of the molecule is CCCCCCCCCCCCCCNC(=O)C[C@H](N)C(=O)NCCCCCCCCCCCCCC. The Morgan fingerprint density at radius 1 is 0.486 bits per heavy atom. The van der Waals surface area contributed by atoms with Crippen LogP contribution in [0.1, 0.15) is 174 Å². The van der Waals surface area contributed by atoms with Gasteiger partial charge < -0.3 is 16.4 Å². The highest BCUT2D eigenvalue weighted by Crippen LogP contribution is 2.13. The summed E-state index contributed by atoms with van der Waals surface area (Å²) < 4.78 is 0. The van der Waals surface area contributed by atoms with E-state index in [1.54, 1.807) is 0 Å². The fourth-order valence-corrected chi connectivity index (χ4v) is 4.87. The normalized spacial score (nSPS) is 12.0. The maximum absolute atomic E-state index is 12.2. The van der Waals surface area contributed by atoms with E-state index in [9.17, 15) is 9.59 Å². The topological polar surface area (TPSA) is 84.2 Å². The molecule has 4 N–H and O–H groups in total. The van der Waals surface area contributed by atoms with Crippen LogP contribution >= 0.6 is 0 Å². The van der Waals surface area contributed by atoms with Crippen LogP contribution in [-0.2, 0) is 9.59 Å². The molecule has 0 radical (unpaired) electrons. The molecule has 1 atom stereocenters. The van der Waals surface area contributed by atoms with E-state index in [0.717, 1.165) is 25.7 Å². The van der Waals surface area contributed by atoms with E-state index in [-0.39, 0.29) is 18.2 Å². The lowest BCUT2D eigenvalue weighted by Gasteiger charge is -2.12. The molecule has 0 aromatic rings. The molecule has 220 valence electrons. The van der Waals surface area contributed by atoms with Crippen LogP contribution in [0.25, 0.3) is 0 Å². The second-order valence-electron chi connectivity index (χ2n) is 11.2. The Bertz CT molecular complexity index is 498. The number of nitrogens with two attached hydrogens (primary N) is 1. The Balaban J connectivity index is 3.43. The number of rotatable bonds is 29. The monoisotopic (exact) mass is 524 g/mol. The summed E-state index contributed by atoms with van der Waals surface area (Å²) in [4.78, 5) is 24.2. The van der Waals surface area contributed by atoms with Crippen molar-refractivity contribution in [1.82, 2.24) is 10.6 Å². The smallest absolute Gasteiger partial charge is 0.237 e. The Hall–Kier alpha value is -1.10. The van der Waals surface area contributed by atoms with Crippen LogP contribution in [0.2, 0.25) is 0 Å². The lowest BCUT2D eigenvalue weighted by Crippen LogP contribution is -2.44. The van der Waals surface area contributed by atoms with Crippen LogP contribution in [0.4, 0.5) is 0 Å². The number of nitrogens with one attached hydrogen (secondary N) is 2. The van der Waals surface area contributed by atoms with Crippen molar-refractivity contribution in [1.29, 1.82) is 0 Å². The molecular weight excluding hydrogens is 458 g/mol. The number of unbranched alkanes of at least 4 members (excludes halogenated alkanes) is 22. The number of hydrogen-bond acceptors (Lipinski definition) is 3. The van der Waals surface area contributed by atoms with Gasteiger partial charge in [-0.1, -0.05) is 155 Å². The molecule has 37 heavy (non-hydrogen) atoms. The Morgan fingerprint density at radius 2 is 0.784 bits per heavy atom. The molecule has 5 nitrogen and oxygen atoms in total. The Labute approximate surface area is 231 Å². The maximum atomic E-state index is 12.2. The molecule has 0 aliphatic heterocycles. The first-order valence-electron chi connectivity index (χ1n) is 16.4. The largest absolute Gasteiger partial charge is 0.356 e. The molecule has 0 aliphatic carbocycles. The predicted octanol–water partition coefficient (Wildman–Crippen LogP) is 8.34. The zero-order valence-electron chi connectivity index (χ0n) is 25.1. The number of amides is 2. The van der Waals surface area contributed by atoms with Crippen molar-refractivity contribution >= 4 is 11.8 Å². The van der Waals surface area contributed by atoms with Crippen molar-refractivity contribution in [2.75, 3.05) is 13.1 Å². The minimum Gasteiger partial charge on any atom is -0.356 e. The molecule has 0 fully saturated rings. The third kappa shape index (κ3) is 27.7. The first-order chi connectivity index (χ1) is 18.1. The average Bonchev–Trinajstić information content (AvgIpc) is 2.89. The molecule has 5 heteroatoms. The van der Waals surface area contributed by atoms with E-state index in [1.807, 2.05) is 0 Å². The Kier molecular flexibility index (Phi) is 28.6. The van der Waals surface area contributed by atoms with Crippen LogP contribution in [-0.4, -0.2) is 30.9 Å². The molecule has 0 rings (SSSR count). The Morgan fingerprint density at radius 3 is 1.14 bits per heavy atom. The summed E-state index contributed by atoms with van der Waals surface area (Å²) in [6.45, 7) is 5.87. The summed E-state index contributed by atoms with van der Waals surface area (Å²) in [5, 5.41) is 5.82. The highest BCUT2D eigenvalue weighted by atomic mass is 16.2. The van der Waals surface area contributed by atoms with Crippen LogP contribution in [0.15, 0.2) is 0 Å². The van der Waals surface area contributed by atoms with Gasteiger partial charge in [-0.3, -0.25) is 9.59 Å². The molecule has 0 unspecified atom stereocenters. The molecule has 0 bridgehead atoms. The maximum Gasteiger partial charge on any atom is 0.237 e. The molecular formula is C32H65N3O2. The standard InChI is InChI=1S/C32H65N3O2/c1-3-5-7-9-11-13-15-17-19-21-23-25-27-34-31(36)29-30(33)32(37)35-28-26-24-22-20-18-16-14-12-10-8-6-4-2/h30H,3-29,33H2,1-2H3,(H,34,36)(H,35,37)/t30-/m0/s1. The van der Waals surface area contributed by atoms with E-state index in [2.05, 4.69) is 24.5 Å². The third-order valence-corrected chi connectivity index (χ3v) is 7.42. The summed E-state index contributed by atoms with van der Waals surface area (Å²) in [6.07, 6.45) is 31.4. The van der Waals surface area contributed by atoms with Gasteiger partial charge in [0.1, 0.15) is 0 Å². The molecule has 0 aromatic carbocycles. The minimum atomic E-state index is -0.751. The number of carbonyl (C=O) groups is 2. The van der Waals surface area contributed by atoms with Crippen LogP contribution in [0.5, 0.6) is 0 Å². The van der Waals surface area contributed by atoms with E-state index >= 15 is 0 Å². The van der Waals surface area contributed by atoms with Gasteiger partial charge in [-0.15, -0.1) is 0 Å². The highest BCUT2D eigenvalue weighted by molar-refractivity contribution is 5.88. The van der Waals surface area contributed by atoms with E-state index < -0.39 is 6.04 Å². The van der Waals surface area contributed by atoms with Crippen LogP contribution in [0, 0.1) is 0 Å². The minimum absolute atomic E-state index is 0.0720. The zero-order chi connectivity index (χ0) is 27.2. The molecule has 2 amide bonds. The molecule has 0 heterocycles. The summed E-state index contributed by atoms with van der Waals surface area (Å²) in [6, 6.07) is -0.751. The van der Waals surface area contributed by atoms with Gasteiger partial charge in [0.15, 0.2) is 0 Å². The first kappa shape index (κ1) is 35.9. The first-order valence-corrected chi connectivity index (χ1v) is 16.4. The van der Waals surface area contributed by atoms with Gasteiger partial charge in [-0.25, -0.2) is 0 Å². The quantitative estimate of drug-likeness (QED) is 0.0861. The van der Waals surface area contributed by atoms with Gasteiger partial charge in [-0.05, 0) is 12.8 Å². The fraction of sp³-hybridized carbons (Fsp3) is 0.938. The zero-order valence-corrected chi connectivity index (χ0v) is 25.1. The molecule has 0 saturated carbocycles. The van der Waals surface area contributed by atoms with Gasteiger partial charge in [0.05, 0.1) is 12.5 Å². The molecule has 0 aromatic heterocycles. The summed E-state index contributed by atoms with van der Waals surface area (Å²) >= 11 is 0. The van der Waals surface area contributed by atoms with E-state index in [1.165, 1.54) is 128 Å². The van der Waals surface area contributed by atoms with Crippen LogP contribution in [0.3, 0.4) is 0 Å². The molecule has 0 saturated heterocycles. The van der Waals surface area contributed by atoms with Crippen molar-refractivity contribution in [3.63, 3.8) is 0 Å². The predicted molar refractivity (Wildman–Crippen MR) is 161 cm³/mol. The van der Waals surface area contributed by atoms with Crippen molar-refractivity contribution in [3.8, 4) is 0 Å². The average molecular weight is 524 g/mol. The van der Waals surface area contributed by atoms with Gasteiger partial charge in [0.2, 0.25) is 11.8 Å². The van der Waals surface area contributed by atoms with Gasteiger partial charge in [0.25, 0.3) is 0 Å². The lowest BCUT2D eigenvalue weighted by atomic mass is 10.1. The van der Waals surface area contributed by atoms with E-state index in [4.69, 9.17) is 5.73 Å². The van der Waals surface area contributed by atoms with Crippen molar-refractivity contribution in [3.05, 3.63) is 0 Å². The van der Waals surface area contributed by atoms with Crippen LogP contribution < -0.4 is 16.4 Å². The van der Waals surface area contributed by atoms with Crippen molar-refractivity contribution in [2.45, 2.75) is 180 Å². The van der Waals surface area contributed by atoms with Gasteiger partial charge in [-0.2, -0.15) is 0 Å². The fourth-order valence-electron chi connectivity index (χ4n) is 4.87. The molecule has 0 aliphatic rings. The summed E-state index contributed by atoms with van der Waals surface area (Å²) in [7, 11) is 0. The lowest BCUT2D eigenvalue weighted by molar-refractivity contribution is -0.127. The highest BCUT2D eigenvalue weighted by Gasteiger charge is 2.16. The number of carbonyl (C=O) groups excluding carboxylic acids is 2. The molecule has 0 spiro atoms. The number of hydrogen-bond donors (Lipinski definition) is 3.